The first-order valence-electron chi connectivity index (χ1n) is 4.97. The SMILES string of the molecule is C[SiH]C.[C-]1=CC=CC1.[C-]1=CC=CC1.[Cl][Zr+2][Cl]. The van der Waals surface area contributed by atoms with Gasteiger partial charge in [0.25, 0.3) is 0 Å². The molecule has 87 valence electrons. The molecule has 0 unspecified atom stereocenters. The van der Waals surface area contributed by atoms with Crippen LogP contribution >= 0.6 is 17.0 Å². The van der Waals surface area contributed by atoms with Gasteiger partial charge in [-0.2, -0.15) is 12.2 Å². The van der Waals surface area contributed by atoms with Crippen molar-refractivity contribution in [2.75, 3.05) is 0 Å². The molecule has 0 aromatic heterocycles. The Labute approximate surface area is 121 Å². The molecule has 2 aliphatic rings. The molecule has 0 aliphatic heterocycles. The fraction of sp³-hybridized carbons (Fsp3) is 0.333. The molecule has 1 radical (unpaired) electrons. The Kier molecular flexibility index (Phi) is 24.9. The first-order chi connectivity index (χ1) is 7.83. The van der Waals surface area contributed by atoms with Gasteiger partial charge in [0.15, 0.2) is 0 Å². The third kappa shape index (κ3) is 24.1. The van der Waals surface area contributed by atoms with Crippen molar-refractivity contribution in [1.29, 1.82) is 0 Å². The van der Waals surface area contributed by atoms with Gasteiger partial charge in [-0.15, -0.1) is 12.8 Å². The van der Waals surface area contributed by atoms with Crippen LogP contribution in [0.2, 0.25) is 13.1 Å². The van der Waals surface area contributed by atoms with Crippen LogP contribution < -0.4 is 0 Å². The van der Waals surface area contributed by atoms with E-state index in [1.54, 1.807) is 0 Å². The summed E-state index contributed by atoms with van der Waals surface area (Å²) in [6.45, 7) is 4.42. The van der Waals surface area contributed by atoms with E-state index in [2.05, 4.69) is 37.4 Å². The van der Waals surface area contributed by atoms with Crippen LogP contribution in [0.1, 0.15) is 12.8 Å². The zero-order chi connectivity index (χ0) is 12.5. The first kappa shape index (κ1) is 19.0. The summed E-state index contributed by atoms with van der Waals surface area (Å²) in [5.41, 5.74) is 0. The maximum absolute atomic E-state index is 4.93. The number of hydrogen-bond acceptors (Lipinski definition) is 0. The fourth-order valence-electron chi connectivity index (χ4n) is 0.680. The Bertz CT molecular complexity index is 179. The van der Waals surface area contributed by atoms with Crippen LogP contribution in [0.5, 0.6) is 0 Å². The van der Waals surface area contributed by atoms with Gasteiger partial charge in [-0.25, -0.2) is 24.3 Å². The summed E-state index contributed by atoms with van der Waals surface area (Å²) >= 11 is -0.826. The molecule has 0 nitrogen and oxygen atoms in total. The molecule has 4 heteroatoms. The van der Waals surface area contributed by atoms with E-state index in [1.165, 1.54) is 0 Å². The summed E-state index contributed by atoms with van der Waals surface area (Å²) in [6.07, 6.45) is 20.0. The zero-order valence-electron chi connectivity index (χ0n) is 9.71. The van der Waals surface area contributed by atoms with Crippen molar-refractivity contribution in [1.82, 2.24) is 0 Å². The molecular weight excluding hydrogens is 334 g/mol. The van der Waals surface area contributed by atoms with Crippen LogP contribution in [0.15, 0.2) is 36.5 Å². The standard InChI is InChI=1S/2C5H5.C2H7Si.2ClH.Zr/c2*1-2-4-5-3-1;1-3-2;;;/h2*1-3H,4H2;3H,1-2H3;2*1H;/q2*-1;;;;+4/p-2. The molecule has 0 N–H and O–H groups in total. The van der Waals surface area contributed by atoms with Crippen molar-refractivity contribution in [3.05, 3.63) is 48.6 Å². The molecule has 0 saturated heterocycles. The summed E-state index contributed by atoms with van der Waals surface area (Å²) in [7, 11) is 10.6. The van der Waals surface area contributed by atoms with Gasteiger partial charge in [0, 0.05) is 9.52 Å². The maximum atomic E-state index is 4.93. The number of halogens is 2. The van der Waals surface area contributed by atoms with Crippen molar-refractivity contribution in [3.63, 3.8) is 0 Å². The van der Waals surface area contributed by atoms with Crippen LogP contribution in [-0.4, -0.2) is 9.52 Å². The third-order valence-corrected chi connectivity index (χ3v) is 1.17. The normalized spacial score (nSPS) is 12.8. The van der Waals surface area contributed by atoms with Crippen LogP contribution in [-0.2, 0) is 20.8 Å². The Morgan fingerprint density at radius 2 is 1.31 bits per heavy atom. The Hall–Kier alpha value is 0.640. The molecule has 0 saturated carbocycles. The summed E-state index contributed by atoms with van der Waals surface area (Å²) in [5, 5.41) is 0. The van der Waals surface area contributed by atoms with Crippen LogP contribution in [0.3, 0.4) is 0 Å². The molecule has 0 aromatic rings. The van der Waals surface area contributed by atoms with Gasteiger partial charge in [0.1, 0.15) is 0 Å². The molecule has 0 spiro atoms. The second-order valence-corrected chi connectivity index (χ2v) is 7.54. The molecule has 0 heterocycles. The van der Waals surface area contributed by atoms with Crippen LogP contribution in [0.4, 0.5) is 0 Å². The Morgan fingerprint density at radius 3 is 1.38 bits per heavy atom. The van der Waals surface area contributed by atoms with E-state index in [0.717, 1.165) is 22.4 Å². The van der Waals surface area contributed by atoms with Crippen LogP contribution in [0.25, 0.3) is 0 Å². The number of allylic oxidation sites excluding steroid dienone is 8. The molecular formula is C12H17Cl2SiZr. The van der Waals surface area contributed by atoms with E-state index in [1.807, 2.05) is 24.3 Å². The molecule has 0 aromatic carbocycles. The fourth-order valence-corrected chi connectivity index (χ4v) is 0.680. The quantitative estimate of drug-likeness (QED) is 0.445. The summed E-state index contributed by atoms with van der Waals surface area (Å²) < 4.78 is 0. The molecule has 0 atom stereocenters. The molecule has 0 amide bonds. The monoisotopic (exact) mass is 349 g/mol. The van der Waals surface area contributed by atoms with Gasteiger partial charge in [-0.1, -0.05) is 13.1 Å². The van der Waals surface area contributed by atoms with E-state index in [-0.39, 0.29) is 0 Å². The van der Waals surface area contributed by atoms with Crippen LogP contribution in [0, 0.1) is 12.2 Å². The predicted molar refractivity (Wildman–Crippen MR) is 73.7 cm³/mol. The topological polar surface area (TPSA) is 0 Å². The predicted octanol–water partition coefficient (Wildman–Crippen LogP) is 4.51. The molecule has 2 rings (SSSR count). The average molecular weight is 351 g/mol. The first-order valence-corrected chi connectivity index (χ1v) is 13.6. The summed E-state index contributed by atoms with van der Waals surface area (Å²) in [4.78, 5) is 0. The third-order valence-electron chi connectivity index (χ3n) is 1.17. The van der Waals surface area contributed by atoms with Gasteiger partial charge in [-0.3, -0.25) is 12.2 Å². The zero-order valence-corrected chi connectivity index (χ0v) is 14.8. The van der Waals surface area contributed by atoms with Crippen molar-refractivity contribution < 1.29 is 20.8 Å². The van der Waals surface area contributed by atoms with Crippen molar-refractivity contribution in [2.45, 2.75) is 25.9 Å². The van der Waals surface area contributed by atoms with Crippen molar-refractivity contribution in [3.8, 4) is 0 Å². The van der Waals surface area contributed by atoms with Gasteiger partial charge in [0.2, 0.25) is 0 Å². The van der Waals surface area contributed by atoms with E-state index >= 15 is 0 Å². The van der Waals surface area contributed by atoms with Gasteiger partial charge in [-0.05, 0) is 0 Å². The number of rotatable bonds is 0. The number of hydrogen-bond donors (Lipinski definition) is 0. The minimum atomic E-state index is -0.826. The molecule has 0 bridgehead atoms. The van der Waals surface area contributed by atoms with Gasteiger partial charge >= 0.3 is 37.9 Å². The Morgan fingerprint density at radius 1 is 1.00 bits per heavy atom. The minimum absolute atomic E-state index is 0.750. The summed E-state index contributed by atoms with van der Waals surface area (Å²) in [5.74, 6) is 0. The van der Waals surface area contributed by atoms with Crippen molar-refractivity contribution in [2.24, 2.45) is 0 Å². The van der Waals surface area contributed by atoms with Crippen molar-refractivity contribution >= 4 is 26.5 Å². The van der Waals surface area contributed by atoms with E-state index < -0.39 is 20.8 Å². The Balaban J connectivity index is 0. The molecule has 16 heavy (non-hydrogen) atoms. The van der Waals surface area contributed by atoms with E-state index in [9.17, 15) is 0 Å². The van der Waals surface area contributed by atoms with E-state index in [4.69, 9.17) is 17.0 Å². The second-order valence-electron chi connectivity index (χ2n) is 2.65. The van der Waals surface area contributed by atoms with E-state index in [0.29, 0.717) is 0 Å². The molecule has 2 aliphatic carbocycles. The average Bonchev–Trinajstić information content (AvgIpc) is 3.00. The van der Waals surface area contributed by atoms with Gasteiger partial charge in [0.05, 0.1) is 0 Å². The van der Waals surface area contributed by atoms with Gasteiger partial charge < -0.3 is 0 Å². The summed E-state index contributed by atoms with van der Waals surface area (Å²) in [6, 6.07) is 0. The molecule has 0 fully saturated rings. The second kappa shape index (κ2) is 21.0.